The molecule has 2 aliphatic rings. The van der Waals surface area contributed by atoms with Crippen molar-refractivity contribution < 1.29 is 33.4 Å². The maximum absolute atomic E-state index is 13.2. The predicted molar refractivity (Wildman–Crippen MR) is 134 cm³/mol. The Kier molecular flexibility index (Phi) is 7.88. The van der Waals surface area contributed by atoms with Gasteiger partial charge in [-0.1, -0.05) is 74.5 Å². The summed E-state index contributed by atoms with van der Waals surface area (Å²) in [6.07, 6.45) is 0.322. The number of esters is 2. The van der Waals surface area contributed by atoms with Crippen molar-refractivity contribution in [3.05, 3.63) is 83.6 Å². The van der Waals surface area contributed by atoms with Gasteiger partial charge in [0.15, 0.2) is 17.5 Å². The van der Waals surface area contributed by atoms with Crippen molar-refractivity contribution in [1.29, 1.82) is 0 Å². The van der Waals surface area contributed by atoms with Gasteiger partial charge in [0.05, 0.1) is 17.5 Å². The third kappa shape index (κ3) is 5.49. The second-order valence-electron chi connectivity index (χ2n) is 9.28. The van der Waals surface area contributed by atoms with Crippen molar-refractivity contribution >= 4 is 23.6 Å². The number of carbonyl (C=O) groups is 4. The van der Waals surface area contributed by atoms with E-state index >= 15 is 0 Å². The Morgan fingerprint density at radius 3 is 1.97 bits per heavy atom. The molecule has 1 heterocycles. The fourth-order valence-electron chi connectivity index (χ4n) is 4.76. The van der Waals surface area contributed by atoms with Crippen molar-refractivity contribution in [1.82, 2.24) is 5.32 Å². The highest BCUT2D eigenvalue weighted by Crippen LogP contribution is 2.47. The SMILES string of the molecule is CC[C@@H](C(=O)OC[C@@]12O[C@@H]1[C@@H](OC(=O)[C@H](CC)c1ccccc1)C(NC(C)=O)=CC2=O)c1ccccc1. The second-order valence-corrected chi connectivity index (χ2v) is 9.28. The van der Waals surface area contributed by atoms with Gasteiger partial charge in [-0.05, 0) is 24.0 Å². The molecule has 0 spiro atoms. The van der Waals surface area contributed by atoms with Crippen molar-refractivity contribution in [3.8, 4) is 0 Å². The van der Waals surface area contributed by atoms with E-state index < -0.39 is 53.3 Å². The highest BCUT2D eigenvalue weighted by Gasteiger charge is 2.70. The molecule has 0 bridgehead atoms. The lowest BCUT2D eigenvalue weighted by Gasteiger charge is -2.27. The minimum Gasteiger partial charge on any atom is -0.462 e. The summed E-state index contributed by atoms with van der Waals surface area (Å²) in [7, 11) is 0. The smallest absolute Gasteiger partial charge is 0.314 e. The molecule has 1 amide bonds. The summed E-state index contributed by atoms with van der Waals surface area (Å²) in [5.74, 6) is -2.85. The molecule has 0 unspecified atom stereocenters. The number of epoxide rings is 1. The number of carbonyl (C=O) groups excluding carboxylic acids is 4. The minimum atomic E-state index is -1.45. The average Bonchev–Trinajstić information content (AvgIpc) is 3.64. The minimum absolute atomic E-state index is 0.147. The van der Waals surface area contributed by atoms with Crippen LogP contribution in [0.25, 0.3) is 0 Å². The molecule has 8 heteroatoms. The molecule has 0 aromatic heterocycles. The Hall–Kier alpha value is -3.78. The zero-order valence-electron chi connectivity index (χ0n) is 21.1. The van der Waals surface area contributed by atoms with Crippen LogP contribution in [0.2, 0.25) is 0 Å². The van der Waals surface area contributed by atoms with Crippen molar-refractivity contribution in [2.45, 2.75) is 63.3 Å². The van der Waals surface area contributed by atoms with Crippen LogP contribution in [0, 0.1) is 0 Å². The zero-order valence-corrected chi connectivity index (χ0v) is 21.1. The topological polar surface area (TPSA) is 111 Å². The van der Waals surface area contributed by atoms with Crippen LogP contribution in [0.4, 0.5) is 0 Å². The van der Waals surface area contributed by atoms with Crippen LogP contribution < -0.4 is 5.32 Å². The van der Waals surface area contributed by atoms with Gasteiger partial charge in [0.2, 0.25) is 5.91 Å². The molecule has 2 aromatic carbocycles. The average molecular weight is 506 g/mol. The van der Waals surface area contributed by atoms with E-state index in [-0.39, 0.29) is 12.3 Å². The van der Waals surface area contributed by atoms with E-state index in [4.69, 9.17) is 14.2 Å². The summed E-state index contributed by atoms with van der Waals surface area (Å²) in [5, 5.41) is 2.59. The number of benzene rings is 2. The standard InChI is InChI=1S/C29H31NO7/c1-4-21(19-12-8-6-9-13-19)27(33)35-17-29-24(32)16-23(30-18(3)31)25(26(29)37-29)36-28(34)22(5-2)20-14-10-7-11-15-20/h6-16,21-22,25-26H,4-5,17H2,1-3H3,(H,30,31)/t21-,22-,25+,26-,29+/m1/s1. The normalized spacial score (nSPS) is 23.6. The van der Waals surface area contributed by atoms with Crippen LogP contribution in [0.3, 0.4) is 0 Å². The number of hydrogen-bond acceptors (Lipinski definition) is 7. The molecular formula is C29H31NO7. The molecule has 1 aliphatic heterocycles. The van der Waals surface area contributed by atoms with Crippen molar-refractivity contribution in [3.63, 3.8) is 0 Å². The Labute approximate surface area is 216 Å². The number of hydrogen-bond donors (Lipinski definition) is 1. The van der Waals surface area contributed by atoms with E-state index in [9.17, 15) is 19.2 Å². The van der Waals surface area contributed by atoms with Crippen LogP contribution in [0.1, 0.15) is 56.6 Å². The molecule has 37 heavy (non-hydrogen) atoms. The van der Waals surface area contributed by atoms with Gasteiger partial charge in [-0.3, -0.25) is 19.2 Å². The lowest BCUT2D eigenvalue weighted by atomic mass is 9.89. The van der Waals surface area contributed by atoms with Gasteiger partial charge in [-0.2, -0.15) is 0 Å². The lowest BCUT2D eigenvalue weighted by molar-refractivity contribution is -0.152. The molecular weight excluding hydrogens is 474 g/mol. The van der Waals surface area contributed by atoms with Gasteiger partial charge in [-0.25, -0.2) is 0 Å². The zero-order chi connectivity index (χ0) is 26.6. The van der Waals surface area contributed by atoms with Gasteiger partial charge < -0.3 is 19.5 Å². The number of rotatable bonds is 10. The summed E-state index contributed by atoms with van der Waals surface area (Å²) in [4.78, 5) is 50.9. The molecule has 8 nitrogen and oxygen atoms in total. The molecule has 1 saturated heterocycles. The van der Waals surface area contributed by atoms with E-state index in [1.807, 2.05) is 74.5 Å². The Bertz CT molecular complexity index is 1190. The van der Waals surface area contributed by atoms with Crippen LogP contribution in [0.5, 0.6) is 0 Å². The van der Waals surface area contributed by atoms with Gasteiger partial charge in [0, 0.05) is 13.0 Å². The number of amides is 1. The third-order valence-corrected chi connectivity index (χ3v) is 6.81. The molecule has 4 rings (SSSR count). The number of ketones is 1. The largest absolute Gasteiger partial charge is 0.462 e. The van der Waals surface area contributed by atoms with Crippen LogP contribution in [-0.2, 0) is 33.4 Å². The third-order valence-electron chi connectivity index (χ3n) is 6.81. The maximum atomic E-state index is 13.2. The number of nitrogens with one attached hydrogen (secondary N) is 1. The van der Waals surface area contributed by atoms with Crippen LogP contribution in [-0.4, -0.2) is 48.0 Å². The number of ether oxygens (including phenoxy) is 3. The lowest BCUT2D eigenvalue weighted by Crippen LogP contribution is -2.46. The van der Waals surface area contributed by atoms with E-state index in [1.54, 1.807) is 0 Å². The molecule has 1 N–H and O–H groups in total. The first-order chi connectivity index (χ1) is 17.8. The maximum Gasteiger partial charge on any atom is 0.314 e. The molecule has 1 aliphatic carbocycles. The first-order valence-electron chi connectivity index (χ1n) is 12.5. The molecule has 1 fully saturated rings. The molecule has 194 valence electrons. The van der Waals surface area contributed by atoms with Gasteiger partial charge in [-0.15, -0.1) is 0 Å². The quantitative estimate of drug-likeness (QED) is 0.388. The van der Waals surface area contributed by atoms with Crippen LogP contribution in [0.15, 0.2) is 72.4 Å². The first kappa shape index (κ1) is 26.3. The first-order valence-corrected chi connectivity index (χ1v) is 12.5. The second kappa shape index (κ2) is 11.1. The fraction of sp³-hybridized carbons (Fsp3) is 0.379. The summed E-state index contributed by atoms with van der Waals surface area (Å²) in [6.45, 7) is 4.75. The highest BCUT2D eigenvalue weighted by atomic mass is 16.7. The summed E-state index contributed by atoms with van der Waals surface area (Å²) in [5.41, 5.74) is 0.317. The van der Waals surface area contributed by atoms with Gasteiger partial charge in [0.25, 0.3) is 0 Å². The Balaban J connectivity index is 1.51. The number of fused-ring (bicyclic) bond motifs is 1. The van der Waals surface area contributed by atoms with E-state index in [0.29, 0.717) is 12.8 Å². The monoisotopic (exact) mass is 505 g/mol. The summed E-state index contributed by atoms with van der Waals surface area (Å²) in [6, 6.07) is 18.5. The molecule has 0 radical (unpaired) electrons. The van der Waals surface area contributed by atoms with Gasteiger partial charge in [0.1, 0.15) is 12.7 Å². The molecule has 0 saturated carbocycles. The van der Waals surface area contributed by atoms with Gasteiger partial charge >= 0.3 is 11.9 Å². The molecule has 2 aromatic rings. The predicted octanol–water partition coefficient (Wildman–Crippen LogP) is 3.57. The van der Waals surface area contributed by atoms with E-state index in [0.717, 1.165) is 11.1 Å². The van der Waals surface area contributed by atoms with E-state index in [1.165, 1.54) is 13.0 Å². The fourth-order valence-corrected chi connectivity index (χ4v) is 4.76. The highest BCUT2D eigenvalue weighted by molar-refractivity contribution is 6.03. The van der Waals surface area contributed by atoms with Crippen LogP contribution >= 0.6 is 0 Å². The van der Waals surface area contributed by atoms with Crippen molar-refractivity contribution in [2.75, 3.05) is 6.61 Å². The Morgan fingerprint density at radius 1 is 0.919 bits per heavy atom. The molecule has 5 atom stereocenters. The van der Waals surface area contributed by atoms with E-state index in [2.05, 4.69) is 5.32 Å². The summed E-state index contributed by atoms with van der Waals surface area (Å²) < 4.78 is 17.2. The summed E-state index contributed by atoms with van der Waals surface area (Å²) >= 11 is 0. The Morgan fingerprint density at radius 2 is 1.46 bits per heavy atom. The van der Waals surface area contributed by atoms with Crippen molar-refractivity contribution in [2.24, 2.45) is 0 Å².